The first-order valence-electron chi connectivity index (χ1n) is 9.56. The molecule has 6 nitrogen and oxygen atoms in total. The molecule has 0 spiro atoms. The number of thiocarbonyl (C=S) groups is 1. The van der Waals surface area contributed by atoms with Gasteiger partial charge in [0.15, 0.2) is 5.11 Å². The normalized spacial score (nSPS) is 18.3. The van der Waals surface area contributed by atoms with Crippen molar-refractivity contribution in [1.82, 2.24) is 19.8 Å². The van der Waals surface area contributed by atoms with E-state index in [1.165, 1.54) is 7.11 Å². The molecule has 3 aromatic rings. The Labute approximate surface area is 189 Å². The van der Waals surface area contributed by atoms with Gasteiger partial charge in [-0.2, -0.15) is 0 Å². The predicted molar refractivity (Wildman–Crippen MR) is 122 cm³/mol. The van der Waals surface area contributed by atoms with Gasteiger partial charge in [0.05, 0.1) is 31.3 Å². The van der Waals surface area contributed by atoms with E-state index in [-0.39, 0.29) is 24.5 Å². The minimum absolute atomic E-state index is 0.133. The third-order valence-electron chi connectivity index (χ3n) is 5.15. The highest BCUT2D eigenvalue weighted by Gasteiger charge is 2.41. The van der Waals surface area contributed by atoms with Gasteiger partial charge in [-0.3, -0.25) is 9.78 Å². The molecule has 1 aliphatic heterocycles. The van der Waals surface area contributed by atoms with Crippen LogP contribution in [-0.4, -0.2) is 39.2 Å². The molecule has 4 rings (SSSR count). The van der Waals surface area contributed by atoms with Gasteiger partial charge >= 0.3 is 5.97 Å². The van der Waals surface area contributed by atoms with Gasteiger partial charge in [0, 0.05) is 34.8 Å². The van der Waals surface area contributed by atoms with E-state index < -0.39 is 0 Å². The fourth-order valence-electron chi connectivity index (χ4n) is 3.78. The fourth-order valence-corrected chi connectivity index (χ4v) is 4.50. The number of hydrogen-bond donors (Lipinski definition) is 1. The lowest BCUT2D eigenvalue weighted by Crippen LogP contribution is -2.32. The van der Waals surface area contributed by atoms with Crippen LogP contribution in [0.3, 0.4) is 0 Å². The Morgan fingerprint density at radius 3 is 2.83 bits per heavy atom. The monoisotopic (exact) mass is 484 g/mol. The average Bonchev–Trinajstić information content (AvgIpc) is 3.36. The number of esters is 1. The Hall–Kier alpha value is -2.71. The highest BCUT2D eigenvalue weighted by Crippen LogP contribution is 2.39. The molecule has 1 saturated heterocycles. The van der Waals surface area contributed by atoms with Crippen LogP contribution in [-0.2, 0) is 9.53 Å². The minimum Gasteiger partial charge on any atom is -0.469 e. The lowest BCUT2D eigenvalue weighted by Gasteiger charge is -2.28. The molecule has 0 bridgehead atoms. The molecular weight excluding hydrogens is 464 g/mol. The van der Waals surface area contributed by atoms with Crippen LogP contribution in [0.5, 0.6) is 0 Å². The van der Waals surface area contributed by atoms with Crippen LogP contribution in [0.1, 0.15) is 29.9 Å². The van der Waals surface area contributed by atoms with E-state index in [2.05, 4.69) is 53.9 Å². The van der Waals surface area contributed by atoms with Gasteiger partial charge in [-0.05, 0) is 54.7 Å². The van der Waals surface area contributed by atoms with Crippen molar-refractivity contribution in [3.63, 3.8) is 0 Å². The van der Waals surface area contributed by atoms with Crippen LogP contribution in [0.15, 0.2) is 71.5 Å². The van der Waals surface area contributed by atoms with Crippen molar-refractivity contribution < 1.29 is 9.53 Å². The van der Waals surface area contributed by atoms with Crippen LogP contribution in [0.4, 0.5) is 0 Å². The van der Waals surface area contributed by atoms with E-state index in [0.717, 1.165) is 21.5 Å². The summed E-state index contributed by atoms with van der Waals surface area (Å²) in [5.41, 5.74) is 2.99. The molecule has 0 radical (unpaired) electrons. The Morgan fingerprint density at radius 1 is 1.23 bits per heavy atom. The summed E-state index contributed by atoms with van der Waals surface area (Å²) in [5, 5.41) is 4.01. The second-order valence-electron chi connectivity index (χ2n) is 6.93. The summed E-state index contributed by atoms with van der Waals surface area (Å²) in [7, 11) is 1.40. The maximum absolute atomic E-state index is 11.8. The van der Waals surface area contributed by atoms with Gasteiger partial charge < -0.3 is 19.5 Å². The zero-order valence-electron chi connectivity index (χ0n) is 16.4. The first kappa shape index (κ1) is 20.6. The number of benzene rings is 1. The number of carbonyl (C=O) groups excluding carboxylic acids is 1. The van der Waals surface area contributed by atoms with Gasteiger partial charge in [0.1, 0.15) is 0 Å². The predicted octanol–water partition coefficient (Wildman–Crippen LogP) is 4.17. The maximum Gasteiger partial charge on any atom is 0.307 e. The quantitative estimate of drug-likeness (QED) is 0.418. The smallest absolute Gasteiger partial charge is 0.307 e. The number of pyridine rings is 1. The number of carbonyl (C=O) groups is 1. The van der Waals surface area contributed by atoms with Crippen LogP contribution in [0.2, 0.25) is 0 Å². The topological polar surface area (TPSA) is 59.4 Å². The van der Waals surface area contributed by atoms with Gasteiger partial charge in [0.25, 0.3) is 0 Å². The Kier molecular flexibility index (Phi) is 6.15. The molecule has 0 amide bonds. The lowest BCUT2D eigenvalue weighted by molar-refractivity contribution is -0.140. The van der Waals surface area contributed by atoms with Crippen LogP contribution >= 0.6 is 28.1 Å². The SMILES string of the molecule is COC(=O)CCN1C(=S)N[C@H](c2ccccn2)[C@H]1c1cccn1-c1cccc(Br)c1. The van der Waals surface area contributed by atoms with Crippen molar-refractivity contribution in [2.45, 2.75) is 18.5 Å². The first-order valence-corrected chi connectivity index (χ1v) is 10.8. The molecule has 0 saturated carbocycles. The van der Waals surface area contributed by atoms with E-state index in [9.17, 15) is 4.79 Å². The third-order valence-corrected chi connectivity index (χ3v) is 6.00. The Balaban J connectivity index is 1.76. The molecule has 2 aromatic heterocycles. The van der Waals surface area contributed by atoms with E-state index >= 15 is 0 Å². The maximum atomic E-state index is 11.8. The lowest BCUT2D eigenvalue weighted by atomic mass is 10.0. The number of methoxy groups -OCH3 is 1. The zero-order valence-corrected chi connectivity index (χ0v) is 18.8. The summed E-state index contributed by atoms with van der Waals surface area (Å²) in [6, 6.07) is 17.8. The number of ether oxygens (including phenoxy) is 1. The van der Waals surface area contributed by atoms with E-state index in [1.54, 1.807) is 6.20 Å². The molecule has 1 aromatic carbocycles. The highest BCUT2D eigenvalue weighted by atomic mass is 79.9. The van der Waals surface area contributed by atoms with Gasteiger partial charge in [-0.25, -0.2) is 0 Å². The molecule has 0 aliphatic carbocycles. The molecule has 0 unspecified atom stereocenters. The number of nitrogens with one attached hydrogen (secondary N) is 1. The van der Waals surface area contributed by atoms with Gasteiger partial charge in [-0.1, -0.05) is 28.1 Å². The Morgan fingerprint density at radius 2 is 2.10 bits per heavy atom. The highest BCUT2D eigenvalue weighted by molar-refractivity contribution is 9.10. The first-order chi connectivity index (χ1) is 14.6. The minimum atomic E-state index is -0.264. The molecule has 3 heterocycles. The van der Waals surface area contributed by atoms with Gasteiger partial charge in [0.2, 0.25) is 0 Å². The number of nitrogens with zero attached hydrogens (tertiary/aromatic N) is 3. The fraction of sp³-hybridized carbons (Fsp3) is 0.227. The molecule has 1 aliphatic rings. The molecule has 1 N–H and O–H groups in total. The van der Waals surface area contributed by atoms with Crippen molar-refractivity contribution in [3.8, 4) is 5.69 Å². The third kappa shape index (κ3) is 4.11. The Bertz CT molecular complexity index is 1060. The van der Waals surface area contributed by atoms with Crippen molar-refractivity contribution in [3.05, 3.63) is 82.9 Å². The zero-order chi connectivity index (χ0) is 21.1. The second-order valence-corrected chi connectivity index (χ2v) is 8.23. The summed E-state index contributed by atoms with van der Waals surface area (Å²) < 4.78 is 7.99. The molecule has 8 heteroatoms. The summed E-state index contributed by atoms with van der Waals surface area (Å²) in [4.78, 5) is 18.4. The van der Waals surface area contributed by atoms with Crippen LogP contribution < -0.4 is 5.32 Å². The van der Waals surface area contributed by atoms with Crippen molar-refractivity contribution in [1.29, 1.82) is 0 Å². The summed E-state index contributed by atoms with van der Waals surface area (Å²) in [6.07, 6.45) is 4.06. The van der Waals surface area contributed by atoms with Crippen LogP contribution in [0, 0.1) is 0 Å². The van der Waals surface area contributed by atoms with E-state index in [4.69, 9.17) is 17.0 Å². The summed E-state index contributed by atoms with van der Waals surface area (Å²) in [5.74, 6) is -0.264. The number of rotatable bonds is 6. The number of hydrogen-bond acceptors (Lipinski definition) is 4. The molecule has 1 fully saturated rings. The van der Waals surface area contributed by atoms with Crippen molar-refractivity contribution >= 4 is 39.2 Å². The number of aromatic nitrogens is 2. The second kappa shape index (κ2) is 8.97. The van der Waals surface area contributed by atoms with Gasteiger partial charge in [-0.15, -0.1) is 0 Å². The molecule has 154 valence electrons. The van der Waals surface area contributed by atoms with Crippen molar-refractivity contribution in [2.24, 2.45) is 0 Å². The molecular formula is C22H21BrN4O2S. The standard InChI is InChI=1S/C22H21BrN4O2S/c1-29-19(28)10-13-27-21(20(25-22(27)30)17-8-2-3-11-24-17)18-9-5-12-26(18)16-7-4-6-15(23)14-16/h2-9,11-12,14,20-21H,10,13H2,1H3,(H,25,30)/t20-,21-/m1/s1. The van der Waals surface area contributed by atoms with E-state index in [1.807, 2.05) is 42.6 Å². The molecule has 2 atom stereocenters. The summed E-state index contributed by atoms with van der Waals surface area (Å²) >= 11 is 9.21. The average molecular weight is 485 g/mol. The largest absolute Gasteiger partial charge is 0.469 e. The summed E-state index contributed by atoms with van der Waals surface area (Å²) in [6.45, 7) is 0.455. The van der Waals surface area contributed by atoms with Crippen LogP contribution in [0.25, 0.3) is 5.69 Å². The van der Waals surface area contributed by atoms with E-state index in [0.29, 0.717) is 11.7 Å². The van der Waals surface area contributed by atoms with Crippen molar-refractivity contribution in [2.75, 3.05) is 13.7 Å². The number of halogens is 1. The molecule has 30 heavy (non-hydrogen) atoms.